The summed E-state index contributed by atoms with van der Waals surface area (Å²) >= 11 is -2.42. The van der Waals surface area contributed by atoms with E-state index in [2.05, 4.69) is 55.2 Å². The van der Waals surface area contributed by atoms with Crippen LogP contribution in [0.5, 0.6) is 0 Å². The Morgan fingerprint density at radius 3 is 1.85 bits per heavy atom. The van der Waals surface area contributed by atoms with Crippen LogP contribution in [0.3, 0.4) is 0 Å². The van der Waals surface area contributed by atoms with E-state index < -0.39 is 18.4 Å². The Kier molecular flexibility index (Phi) is 12.0. The van der Waals surface area contributed by atoms with Gasteiger partial charge >= 0.3 is 166 Å². The van der Waals surface area contributed by atoms with Gasteiger partial charge in [-0.15, -0.1) is 0 Å². The second-order valence-electron chi connectivity index (χ2n) is 7.49. The van der Waals surface area contributed by atoms with Crippen LogP contribution in [0, 0.1) is 0 Å². The molecular weight excluding hydrogens is 427 g/mol. The maximum absolute atomic E-state index is 11.4. The van der Waals surface area contributed by atoms with Gasteiger partial charge in [0, 0.05) is 0 Å². The Balaban J connectivity index is 3.25. The molecule has 0 aromatic heterocycles. The fraction of sp³-hybridized carbons (Fsp3) is 0.609. The monoisotopic (exact) mass is 466 g/mol. The summed E-state index contributed by atoms with van der Waals surface area (Å²) in [6.45, 7) is 8.83. The van der Waals surface area contributed by atoms with Crippen molar-refractivity contribution in [1.82, 2.24) is 0 Å². The molecule has 1 aromatic carbocycles. The minimum absolute atomic E-state index is 0.191. The summed E-state index contributed by atoms with van der Waals surface area (Å²) in [5.41, 5.74) is 2.47. The number of unbranched alkanes of at least 4 members (excludes halogenated alkanes) is 3. The first-order chi connectivity index (χ1) is 12.6. The quantitative estimate of drug-likeness (QED) is 0.231. The second-order valence-corrected chi connectivity index (χ2v) is 20.4. The van der Waals surface area contributed by atoms with Crippen LogP contribution >= 0.6 is 0 Å². The van der Waals surface area contributed by atoms with Gasteiger partial charge in [-0.3, -0.25) is 0 Å². The molecule has 0 atom stereocenters. The van der Waals surface area contributed by atoms with E-state index in [-0.39, 0.29) is 5.97 Å². The third-order valence-corrected chi connectivity index (χ3v) is 19.4. The molecule has 0 saturated heterocycles. The van der Waals surface area contributed by atoms with Crippen LogP contribution in [-0.2, 0) is 9.53 Å². The first-order valence-corrected chi connectivity index (χ1v) is 18.2. The zero-order valence-electron chi connectivity index (χ0n) is 17.4. The number of carbonyl (C=O) groups is 1. The van der Waals surface area contributed by atoms with Crippen molar-refractivity contribution >= 4 is 29.9 Å². The van der Waals surface area contributed by atoms with Gasteiger partial charge in [-0.2, -0.15) is 0 Å². The number of rotatable bonds is 13. The summed E-state index contributed by atoms with van der Waals surface area (Å²) in [6.07, 6.45) is 7.85. The predicted octanol–water partition coefficient (Wildman–Crippen LogP) is 7.02. The summed E-state index contributed by atoms with van der Waals surface area (Å²) in [4.78, 5) is 11.4. The van der Waals surface area contributed by atoms with Gasteiger partial charge in [-0.25, -0.2) is 0 Å². The predicted molar refractivity (Wildman–Crippen MR) is 116 cm³/mol. The summed E-state index contributed by atoms with van der Waals surface area (Å²) in [5.74, 6) is -0.191. The van der Waals surface area contributed by atoms with Crippen LogP contribution in [0.15, 0.2) is 34.4 Å². The maximum atomic E-state index is 11.4. The molecule has 26 heavy (non-hydrogen) atoms. The van der Waals surface area contributed by atoms with E-state index in [0.29, 0.717) is 6.61 Å². The van der Waals surface area contributed by atoms with E-state index in [1.165, 1.54) is 69.9 Å². The van der Waals surface area contributed by atoms with E-state index in [0.717, 1.165) is 0 Å². The Bertz CT molecular complexity index is 515. The van der Waals surface area contributed by atoms with Crippen molar-refractivity contribution in [2.75, 3.05) is 6.61 Å². The van der Waals surface area contributed by atoms with Crippen molar-refractivity contribution < 1.29 is 9.53 Å². The zero-order chi connectivity index (χ0) is 19.3. The molecule has 1 aromatic rings. The average Bonchev–Trinajstić information content (AvgIpc) is 2.66. The molecule has 0 heterocycles. The number of hydrogen-bond donors (Lipinski definition) is 0. The molecule has 1 rings (SSSR count). The van der Waals surface area contributed by atoms with Gasteiger partial charge in [0.05, 0.1) is 0 Å². The van der Waals surface area contributed by atoms with Crippen molar-refractivity contribution in [3.63, 3.8) is 0 Å². The van der Waals surface area contributed by atoms with Gasteiger partial charge in [0.1, 0.15) is 0 Å². The molecule has 0 unspecified atom stereocenters. The van der Waals surface area contributed by atoms with E-state index in [1.807, 2.05) is 0 Å². The third-order valence-electron chi connectivity index (χ3n) is 5.14. The SMILES string of the molecule is CCC[CH2][Sn](/[CH]=C(/COC(C)=O)c1ccccc1)([CH2]CCC)[CH2]CCC. The van der Waals surface area contributed by atoms with Crippen LogP contribution in [0.25, 0.3) is 5.57 Å². The summed E-state index contributed by atoms with van der Waals surface area (Å²) in [5, 5.41) is 0. The molecule has 146 valence electrons. The van der Waals surface area contributed by atoms with Crippen LogP contribution in [0.1, 0.15) is 71.8 Å². The molecular formula is C23H38O2Sn. The molecule has 3 heteroatoms. The summed E-state index contributed by atoms with van der Waals surface area (Å²) in [6, 6.07) is 10.5. The molecule has 0 N–H and O–H groups in total. The van der Waals surface area contributed by atoms with Gasteiger partial charge in [0.25, 0.3) is 0 Å². The van der Waals surface area contributed by atoms with E-state index in [4.69, 9.17) is 4.74 Å². The first kappa shape index (κ1) is 23.3. The van der Waals surface area contributed by atoms with E-state index >= 15 is 0 Å². The number of esters is 1. The van der Waals surface area contributed by atoms with Gasteiger partial charge < -0.3 is 0 Å². The number of hydrogen-bond acceptors (Lipinski definition) is 2. The fourth-order valence-electron chi connectivity index (χ4n) is 3.59. The molecule has 0 fully saturated rings. The summed E-state index contributed by atoms with van der Waals surface area (Å²) in [7, 11) is 0. The molecule has 0 radical (unpaired) electrons. The fourth-order valence-corrected chi connectivity index (χ4v) is 18.8. The Morgan fingerprint density at radius 2 is 1.42 bits per heavy atom. The average molecular weight is 465 g/mol. The molecule has 2 nitrogen and oxygen atoms in total. The first-order valence-electron chi connectivity index (χ1n) is 10.5. The minimum atomic E-state index is -2.42. The zero-order valence-corrected chi connectivity index (χ0v) is 20.2. The van der Waals surface area contributed by atoms with Gasteiger partial charge in [0.15, 0.2) is 0 Å². The molecule has 0 bridgehead atoms. The molecule has 0 aliphatic carbocycles. The van der Waals surface area contributed by atoms with Crippen LogP contribution in [-0.4, -0.2) is 31.0 Å². The van der Waals surface area contributed by atoms with Gasteiger partial charge in [-0.1, -0.05) is 0 Å². The second kappa shape index (κ2) is 13.4. The molecule has 0 amide bonds. The van der Waals surface area contributed by atoms with E-state index in [1.54, 1.807) is 0 Å². The van der Waals surface area contributed by atoms with Gasteiger partial charge in [-0.05, 0) is 0 Å². The molecule has 0 saturated carbocycles. The number of carbonyl (C=O) groups excluding carboxylic acids is 1. The van der Waals surface area contributed by atoms with Crippen molar-refractivity contribution in [2.45, 2.75) is 79.5 Å². The molecule has 0 spiro atoms. The van der Waals surface area contributed by atoms with Crippen molar-refractivity contribution in [3.8, 4) is 0 Å². The Hall–Kier alpha value is -0.771. The number of ether oxygens (including phenoxy) is 1. The van der Waals surface area contributed by atoms with Crippen LogP contribution in [0.4, 0.5) is 0 Å². The van der Waals surface area contributed by atoms with Crippen molar-refractivity contribution in [2.24, 2.45) is 0 Å². The standard InChI is InChI=1S/C11H11O2.3C4H9.Sn/c1-9(8-13-10(2)12)11-6-4-3-5-7-11;3*1-3-4-2;/h1,3-7H,8H2,2H3;3*1,3-4H2,2H3;. The Labute approximate surface area is 165 Å². The number of benzene rings is 1. The van der Waals surface area contributed by atoms with Crippen molar-refractivity contribution in [1.29, 1.82) is 0 Å². The molecule has 0 aliphatic heterocycles. The summed E-state index contributed by atoms with van der Waals surface area (Å²) < 4.78 is 12.4. The topological polar surface area (TPSA) is 26.3 Å². The van der Waals surface area contributed by atoms with Crippen LogP contribution in [0.2, 0.25) is 13.3 Å². The van der Waals surface area contributed by atoms with Crippen LogP contribution < -0.4 is 0 Å². The van der Waals surface area contributed by atoms with E-state index in [9.17, 15) is 4.79 Å². The normalized spacial score (nSPS) is 12.2. The van der Waals surface area contributed by atoms with Crippen molar-refractivity contribution in [3.05, 3.63) is 40.0 Å². The third kappa shape index (κ3) is 8.74. The molecule has 0 aliphatic rings. The van der Waals surface area contributed by atoms with Gasteiger partial charge in [0.2, 0.25) is 0 Å². The Morgan fingerprint density at radius 1 is 0.923 bits per heavy atom.